The number of carboxylic acid groups (broad SMARTS) is 1. The van der Waals surface area contributed by atoms with E-state index in [4.69, 9.17) is 9.84 Å². The van der Waals surface area contributed by atoms with Gasteiger partial charge in [-0.15, -0.1) is 0 Å². The molecule has 0 saturated heterocycles. The number of ether oxygens (including phenoxy) is 1. The molecule has 2 rings (SSSR count). The van der Waals surface area contributed by atoms with Gasteiger partial charge >= 0.3 is 5.97 Å². The molecular formula is C14H15NO3. The lowest BCUT2D eigenvalue weighted by Crippen LogP contribution is -2.08. The summed E-state index contributed by atoms with van der Waals surface area (Å²) in [7, 11) is 1.62. The van der Waals surface area contributed by atoms with Gasteiger partial charge in [0.25, 0.3) is 0 Å². The Kier molecular flexibility index (Phi) is 3.37. The van der Waals surface area contributed by atoms with Crippen molar-refractivity contribution in [2.45, 2.75) is 13.5 Å². The number of carboxylic acids is 1. The molecule has 0 unspecified atom stereocenters. The molecule has 0 bridgehead atoms. The van der Waals surface area contributed by atoms with Crippen molar-refractivity contribution in [3.63, 3.8) is 0 Å². The van der Waals surface area contributed by atoms with Crippen LogP contribution in [-0.2, 0) is 11.3 Å². The van der Waals surface area contributed by atoms with Gasteiger partial charge in [-0.05, 0) is 48.4 Å². The Morgan fingerprint density at radius 3 is 2.56 bits per heavy atom. The topological polar surface area (TPSA) is 51.5 Å². The molecule has 0 aliphatic carbocycles. The van der Waals surface area contributed by atoms with E-state index in [1.807, 2.05) is 43.5 Å². The SMILES string of the molecule is COc1ccc(-c2cc(C)cn2CC(=O)O)cc1. The van der Waals surface area contributed by atoms with E-state index in [1.165, 1.54) is 0 Å². The van der Waals surface area contributed by atoms with E-state index in [9.17, 15) is 4.79 Å². The summed E-state index contributed by atoms with van der Waals surface area (Å²) < 4.78 is 6.84. The van der Waals surface area contributed by atoms with Crippen LogP contribution in [0.5, 0.6) is 5.75 Å². The molecule has 0 atom stereocenters. The number of hydrogen-bond donors (Lipinski definition) is 1. The number of benzene rings is 1. The van der Waals surface area contributed by atoms with E-state index in [0.29, 0.717) is 0 Å². The van der Waals surface area contributed by atoms with Gasteiger partial charge in [0.2, 0.25) is 0 Å². The highest BCUT2D eigenvalue weighted by atomic mass is 16.5. The highest BCUT2D eigenvalue weighted by Gasteiger charge is 2.09. The fourth-order valence-corrected chi connectivity index (χ4v) is 1.94. The van der Waals surface area contributed by atoms with Gasteiger partial charge in [0.15, 0.2) is 0 Å². The Hall–Kier alpha value is -2.23. The van der Waals surface area contributed by atoms with Crippen LogP contribution in [-0.4, -0.2) is 22.8 Å². The summed E-state index contributed by atoms with van der Waals surface area (Å²) >= 11 is 0. The first-order valence-electron chi connectivity index (χ1n) is 5.63. The van der Waals surface area contributed by atoms with Crippen LogP contribution in [0.4, 0.5) is 0 Å². The predicted molar refractivity (Wildman–Crippen MR) is 68.8 cm³/mol. The van der Waals surface area contributed by atoms with E-state index in [-0.39, 0.29) is 6.54 Å². The van der Waals surface area contributed by atoms with Gasteiger partial charge in [0.1, 0.15) is 12.3 Å². The van der Waals surface area contributed by atoms with Gasteiger partial charge in [0.05, 0.1) is 7.11 Å². The molecule has 4 nitrogen and oxygen atoms in total. The third-order valence-electron chi connectivity index (χ3n) is 2.72. The van der Waals surface area contributed by atoms with Gasteiger partial charge < -0.3 is 14.4 Å². The van der Waals surface area contributed by atoms with Crippen LogP contribution < -0.4 is 4.74 Å². The Morgan fingerprint density at radius 1 is 1.33 bits per heavy atom. The zero-order valence-electron chi connectivity index (χ0n) is 10.4. The lowest BCUT2D eigenvalue weighted by atomic mass is 10.1. The number of aromatic nitrogens is 1. The number of aryl methyl sites for hydroxylation is 1. The van der Waals surface area contributed by atoms with Crippen molar-refractivity contribution < 1.29 is 14.6 Å². The summed E-state index contributed by atoms with van der Waals surface area (Å²) in [6.45, 7) is 1.92. The van der Waals surface area contributed by atoms with E-state index < -0.39 is 5.97 Å². The van der Waals surface area contributed by atoms with Crippen LogP contribution in [0, 0.1) is 6.92 Å². The van der Waals surface area contributed by atoms with Crippen molar-refractivity contribution >= 4 is 5.97 Å². The van der Waals surface area contributed by atoms with Crippen molar-refractivity contribution in [1.82, 2.24) is 4.57 Å². The van der Waals surface area contributed by atoms with Crippen LogP contribution in [0.15, 0.2) is 36.5 Å². The molecule has 1 N–H and O–H groups in total. The lowest BCUT2D eigenvalue weighted by molar-refractivity contribution is -0.137. The highest BCUT2D eigenvalue weighted by molar-refractivity contribution is 5.69. The summed E-state index contributed by atoms with van der Waals surface area (Å²) in [4.78, 5) is 10.8. The zero-order valence-corrected chi connectivity index (χ0v) is 10.4. The normalized spacial score (nSPS) is 10.3. The Morgan fingerprint density at radius 2 is 2.00 bits per heavy atom. The molecule has 0 amide bonds. The number of hydrogen-bond acceptors (Lipinski definition) is 2. The number of rotatable bonds is 4. The van der Waals surface area contributed by atoms with E-state index in [2.05, 4.69) is 0 Å². The molecule has 0 fully saturated rings. The number of carbonyl (C=O) groups is 1. The first-order valence-corrected chi connectivity index (χ1v) is 5.63. The Labute approximate surface area is 105 Å². The average Bonchev–Trinajstić information content (AvgIpc) is 2.69. The summed E-state index contributed by atoms with van der Waals surface area (Å²) in [5, 5.41) is 8.89. The van der Waals surface area contributed by atoms with E-state index in [1.54, 1.807) is 11.7 Å². The van der Waals surface area contributed by atoms with Crippen LogP contribution in [0.25, 0.3) is 11.3 Å². The smallest absolute Gasteiger partial charge is 0.323 e. The van der Waals surface area contributed by atoms with Gasteiger partial charge in [-0.25, -0.2) is 0 Å². The van der Waals surface area contributed by atoms with Gasteiger partial charge in [-0.1, -0.05) is 0 Å². The minimum atomic E-state index is -0.847. The molecule has 18 heavy (non-hydrogen) atoms. The number of aliphatic carboxylic acids is 1. The predicted octanol–water partition coefficient (Wildman–Crippen LogP) is 2.56. The largest absolute Gasteiger partial charge is 0.497 e. The second-order valence-corrected chi connectivity index (χ2v) is 4.15. The molecule has 0 spiro atoms. The maximum Gasteiger partial charge on any atom is 0.323 e. The van der Waals surface area contributed by atoms with Crippen LogP contribution >= 0.6 is 0 Å². The Balaban J connectivity index is 2.39. The molecule has 1 heterocycles. The number of methoxy groups -OCH3 is 1. The molecule has 0 aliphatic rings. The molecule has 1 aromatic carbocycles. The van der Waals surface area contributed by atoms with Gasteiger partial charge in [-0.3, -0.25) is 4.79 Å². The maximum atomic E-state index is 10.8. The minimum Gasteiger partial charge on any atom is -0.497 e. The van der Waals surface area contributed by atoms with Crippen molar-refractivity contribution in [2.75, 3.05) is 7.11 Å². The highest BCUT2D eigenvalue weighted by Crippen LogP contribution is 2.24. The zero-order chi connectivity index (χ0) is 13.1. The maximum absolute atomic E-state index is 10.8. The Bertz CT molecular complexity index is 555. The van der Waals surface area contributed by atoms with Crippen LogP contribution in [0.2, 0.25) is 0 Å². The summed E-state index contributed by atoms with van der Waals surface area (Å²) in [5.74, 6) is -0.0628. The first-order chi connectivity index (χ1) is 8.60. The summed E-state index contributed by atoms with van der Waals surface area (Å²) in [5.41, 5.74) is 2.92. The van der Waals surface area contributed by atoms with Gasteiger partial charge in [-0.2, -0.15) is 0 Å². The molecular weight excluding hydrogens is 230 g/mol. The average molecular weight is 245 g/mol. The van der Waals surface area contributed by atoms with Crippen molar-refractivity contribution in [1.29, 1.82) is 0 Å². The number of nitrogens with zero attached hydrogens (tertiary/aromatic N) is 1. The second kappa shape index (κ2) is 4.96. The molecule has 0 saturated carbocycles. The molecule has 0 aliphatic heterocycles. The lowest BCUT2D eigenvalue weighted by Gasteiger charge is -2.07. The summed E-state index contributed by atoms with van der Waals surface area (Å²) in [6, 6.07) is 9.55. The van der Waals surface area contributed by atoms with Crippen molar-refractivity contribution in [3.8, 4) is 17.0 Å². The summed E-state index contributed by atoms with van der Waals surface area (Å²) in [6.07, 6.45) is 1.84. The molecule has 1 aromatic heterocycles. The molecule has 2 aromatic rings. The van der Waals surface area contributed by atoms with Crippen molar-refractivity contribution in [2.24, 2.45) is 0 Å². The molecule has 0 radical (unpaired) electrons. The molecule has 94 valence electrons. The van der Waals surface area contributed by atoms with Crippen molar-refractivity contribution in [3.05, 3.63) is 42.1 Å². The molecule has 4 heteroatoms. The quantitative estimate of drug-likeness (QED) is 0.900. The van der Waals surface area contributed by atoms with Crippen LogP contribution in [0.3, 0.4) is 0 Å². The standard InChI is InChI=1S/C14H15NO3/c1-10-7-13(15(8-10)9-14(16)17)11-3-5-12(18-2)6-4-11/h3-8H,9H2,1-2H3,(H,16,17). The van der Waals surface area contributed by atoms with Crippen LogP contribution in [0.1, 0.15) is 5.56 Å². The minimum absolute atomic E-state index is 0.0325. The first kappa shape index (κ1) is 12.2. The fraction of sp³-hybridized carbons (Fsp3) is 0.214. The van der Waals surface area contributed by atoms with Gasteiger partial charge in [0, 0.05) is 11.9 Å². The third-order valence-corrected chi connectivity index (χ3v) is 2.72. The fourth-order valence-electron chi connectivity index (χ4n) is 1.94. The second-order valence-electron chi connectivity index (χ2n) is 4.15. The van der Waals surface area contributed by atoms with E-state index >= 15 is 0 Å². The van der Waals surface area contributed by atoms with E-state index in [0.717, 1.165) is 22.6 Å². The third kappa shape index (κ3) is 2.53. The monoisotopic (exact) mass is 245 g/mol.